The summed E-state index contributed by atoms with van der Waals surface area (Å²) in [6, 6.07) is 0. The summed E-state index contributed by atoms with van der Waals surface area (Å²) in [6.07, 6.45) is -0.482. The first-order chi connectivity index (χ1) is 22.7. The van der Waals surface area contributed by atoms with Gasteiger partial charge in [-0.3, -0.25) is 0 Å². The predicted molar refractivity (Wildman–Crippen MR) is 169 cm³/mol. The molecule has 0 aromatic heterocycles. The maximum Gasteiger partial charge on any atom is 0.331 e. The van der Waals surface area contributed by atoms with Gasteiger partial charge in [0.05, 0.1) is 42.5 Å². The summed E-state index contributed by atoms with van der Waals surface area (Å²) in [7, 11) is 0. The maximum atomic E-state index is 12.5. The van der Waals surface area contributed by atoms with Crippen LogP contribution in [0.1, 0.15) is 85.5 Å². The molecule has 48 heavy (non-hydrogen) atoms. The van der Waals surface area contributed by atoms with Gasteiger partial charge in [-0.25, -0.2) is 4.79 Å². The number of esters is 1. The van der Waals surface area contributed by atoms with Crippen LogP contribution < -0.4 is 0 Å². The summed E-state index contributed by atoms with van der Waals surface area (Å²) in [5.74, 6) is -0.0946. The van der Waals surface area contributed by atoms with Crippen LogP contribution in [0, 0.1) is 40.4 Å². The minimum Gasteiger partial charge on any atom is -0.458 e. The quantitative estimate of drug-likeness (QED) is 0.176. The topological polar surface area (TPSA) is 185 Å². The molecule has 0 spiro atoms. The van der Waals surface area contributed by atoms with Crippen molar-refractivity contribution < 1.29 is 59.1 Å². The molecule has 272 valence electrons. The molecule has 0 amide bonds. The molecule has 4 saturated carbocycles. The number of fused-ring (bicyclic) bond motifs is 5. The SMILES string of the molecule is CC1OC(OC2C(O)C(C)OC(OC3CCC4(C)C(CCC5C4CCC4(C)C(C6=CC(=O)OC6)CCC54O)C3)C2O)C(CO)C(O)C1O. The van der Waals surface area contributed by atoms with Crippen molar-refractivity contribution in [2.75, 3.05) is 13.2 Å². The Kier molecular flexibility index (Phi) is 9.38. The van der Waals surface area contributed by atoms with Gasteiger partial charge in [0.2, 0.25) is 0 Å². The molecule has 3 aliphatic heterocycles. The van der Waals surface area contributed by atoms with Gasteiger partial charge in [0.15, 0.2) is 12.6 Å². The van der Waals surface area contributed by atoms with Crippen molar-refractivity contribution in [3.8, 4) is 0 Å². The fourth-order valence-electron chi connectivity index (χ4n) is 11.5. The molecule has 7 rings (SSSR count). The van der Waals surface area contributed by atoms with Crippen molar-refractivity contribution in [1.82, 2.24) is 0 Å². The third-order valence-corrected chi connectivity index (χ3v) is 14.5. The van der Waals surface area contributed by atoms with Gasteiger partial charge in [0.25, 0.3) is 0 Å². The highest BCUT2D eigenvalue weighted by Gasteiger charge is 2.68. The second kappa shape index (κ2) is 12.8. The van der Waals surface area contributed by atoms with Crippen LogP contribution in [0.3, 0.4) is 0 Å². The molecule has 0 radical (unpaired) electrons. The second-order valence-corrected chi connectivity index (χ2v) is 16.7. The van der Waals surface area contributed by atoms with Gasteiger partial charge in [0, 0.05) is 11.5 Å². The summed E-state index contributed by atoms with van der Waals surface area (Å²) in [5.41, 5.74) is 0.0386. The molecule has 18 atom stereocenters. The van der Waals surface area contributed by atoms with E-state index in [1.807, 2.05) is 0 Å². The third-order valence-electron chi connectivity index (χ3n) is 14.5. The van der Waals surface area contributed by atoms with Crippen LogP contribution in [0.15, 0.2) is 11.6 Å². The Labute approximate surface area is 282 Å². The lowest BCUT2D eigenvalue weighted by Crippen LogP contribution is -2.63. The summed E-state index contributed by atoms with van der Waals surface area (Å²) in [6.45, 7) is 7.73. The number of ether oxygens (including phenoxy) is 5. The first-order valence-electron chi connectivity index (χ1n) is 18.3. The number of cyclic esters (lactones) is 1. The van der Waals surface area contributed by atoms with E-state index in [9.17, 15) is 35.4 Å². The minimum absolute atomic E-state index is 0.0461. The Morgan fingerprint density at radius 3 is 2.27 bits per heavy atom. The molecule has 7 aliphatic rings. The zero-order valence-electron chi connectivity index (χ0n) is 28.6. The smallest absolute Gasteiger partial charge is 0.331 e. The van der Waals surface area contributed by atoms with Crippen LogP contribution in [0.25, 0.3) is 0 Å². The number of rotatable bonds is 6. The fraction of sp³-hybridized carbons (Fsp3) is 0.917. The van der Waals surface area contributed by atoms with Crippen molar-refractivity contribution >= 4 is 5.97 Å². The third kappa shape index (κ3) is 5.43. The van der Waals surface area contributed by atoms with Crippen LogP contribution in [0.5, 0.6) is 0 Å². The van der Waals surface area contributed by atoms with E-state index in [2.05, 4.69) is 13.8 Å². The molecular formula is C36H56O12. The summed E-state index contributed by atoms with van der Waals surface area (Å²) in [5, 5.41) is 65.5. The number of hydrogen-bond donors (Lipinski definition) is 6. The van der Waals surface area contributed by atoms with E-state index in [0.717, 1.165) is 63.4 Å². The van der Waals surface area contributed by atoms with Crippen LogP contribution in [0.4, 0.5) is 0 Å². The standard InChI is InChI=1S/C36H56O12/c1-17-27(39)29(41)22(15-37)32(45-17)48-31-28(40)18(2)46-33(30(31)42)47-21-7-10-34(3)20(14-21)5-6-25-24(34)8-11-35(4)23(9-12-36(25,35)43)19-13-26(38)44-16-19/h13,17-18,20-25,27-33,37,39-43H,5-12,14-16H2,1-4H3. The average Bonchev–Trinajstić information content (AvgIpc) is 3.60. The number of hydrogen-bond acceptors (Lipinski definition) is 12. The fourth-order valence-corrected chi connectivity index (χ4v) is 11.5. The molecule has 0 aromatic rings. The highest BCUT2D eigenvalue weighted by molar-refractivity contribution is 5.85. The number of carbonyl (C=O) groups is 1. The van der Waals surface area contributed by atoms with Crippen molar-refractivity contribution in [2.24, 2.45) is 40.4 Å². The monoisotopic (exact) mass is 680 g/mol. The van der Waals surface area contributed by atoms with Gasteiger partial charge in [-0.15, -0.1) is 0 Å². The van der Waals surface area contributed by atoms with Gasteiger partial charge in [-0.2, -0.15) is 0 Å². The van der Waals surface area contributed by atoms with E-state index in [4.69, 9.17) is 23.7 Å². The highest BCUT2D eigenvalue weighted by Crippen LogP contribution is 2.70. The van der Waals surface area contributed by atoms with Crippen molar-refractivity contribution in [2.45, 2.75) is 152 Å². The van der Waals surface area contributed by atoms with Gasteiger partial charge >= 0.3 is 5.97 Å². The second-order valence-electron chi connectivity index (χ2n) is 16.7. The molecule has 6 fully saturated rings. The van der Waals surface area contributed by atoms with Crippen LogP contribution in [-0.2, 0) is 28.5 Å². The molecule has 6 N–H and O–H groups in total. The summed E-state index contributed by atoms with van der Waals surface area (Å²) < 4.78 is 29.5. The number of aliphatic hydroxyl groups excluding tert-OH is 5. The number of aliphatic hydroxyl groups is 6. The van der Waals surface area contributed by atoms with E-state index >= 15 is 0 Å². The average molecular weight is 681 g/mol. The molecule has 4 aliphatic carbocycles. The largest absolute Gasteiger partial charge is 0.458 e. The Morgan fingerprint density at radius 2 is 1.56 bits per heavy atom. The molecule has 0 aromatic carbocycles. The van der Waals surface area contributed by atoms with Crippen molar-refractivity contribution in [1.29, 1.82) is 0 Å². The zero-order chi connectivity index (χ0) is 34.3. The Bertz CT molecular complexity index is 1250. The first kappa shape index (κ1) is 35.2. The van der Waals surface area contributed by atoms with Crippen LogP contribution >= 0.6 is 0 Å². The van der Waals surface area contributed by atoms with E-state index in [0.29, 0.717) is 18.4 Å². The molecule has 12 nitrogen and oxygen atoms in total. The first-order valence-corrected chi connectivity index (χ1v) is 18.3. The highest BCUT2D eigenvalue weighted by atomic mass is 16.7. The van der Waals surface area contributed by atoms with Gasteiger partial charge in [-0.05, 0) is 106 Å². The summed E-state index contributed by atoms with van der Waals surface area (Å²) >= 11 is 0. The zero-order valence-corrected chi connectivity index (χ0v) is 28.6. The Balaban J connectivity index is 1.01. The van der Waals surface area contributed by atoms with E-state index in [1.165, 1.54) is 0 Å². The molecule has 2 saturated heterocycles. The Hall–Kier alpha value is -1.19. The maximum absolute atomic E-state index is 12.5. The van der Waals surface area contributed by atoms with E-state index in [-0.39, 0.29) is 34.7 Å². The molecular weight excluding hydrogens is 624 g/mol. The molecule has 0 bridgehead atoms. The van der Waals surface area contributed by atoms with Crippen LogP contribution in [-0.4, -0.2) is 117 Å². The molecule has 3 heterocycles. The lowest BCUT2D eigenvalue weighted by molar-refractivity contribution is -0.355. The van der Waals surface area contributed by atoms with Gasteiger partial charge in [0.1, 0.15) is 31.0 Å². The van der Waals surface area contributed by atoms with Crippen molar-refractivity contribution in [3.05, 3.63) is 11.6 Å². The minimum atomic E-state index is -1.36. The predicted octanol–water partition coefficient (Wildman–Crippen LogP) is 1.56. The normalized spacial score (nSPS) is 55.3. The Morgan fingerprint density at radius 1 is 0.833 bits per heavy atom. The lowest BCUT2D eigenvalue weighted by atomic mass is 9.43. The summed E-state index contributed by atoms with van der Waals surface area (Å²) in [4.78, 5) is 11.9. The van der Waals surface area contributed by atoms with Crippen LogP contribution in [0.2, 0.25) is 0 Å². The van der Waals surface area contributed by atoms with E-state index < -0.39 is 73.4 Å². The van der Waals surface area contributed by atoms with Gasteiger partial charge in [-0.1, -0.05) is 13.8 Å². The van der Waals surface area contributed by atoms with E-state index in [1.54, 1.807) is 19.9 Å². The number of carbonyl (C=O) groups excluding carboxylic acids is 1. The van der Waals surface area contributed by atoms with Crippen molar-refractivity contribution in [3.63, 3.8) is 0 Å². The molecule has 18 unspecified atom stereocenters. The van der Waals surface area contributed by atoms with Gasteiger partial charge < -0.3 is 54.3 Å². The lowest BCUT2D eigenvalue weighted by Gasteiger charge is -2.64. The molecule has 12 heteroatoms.